The van der Waals surface area contributed by atoms with Crippen molar-refractivity contribution in [2.75, 3.05) is 19.5 Å². The Balaban J connectivity index is 1.79. The number of H-pyrrole nitrogens is 1. The van der Waals surface area contributed by atoms with Gasteiger partial charge >= 0.3 is 0 Å². The van der Waals surface area contributed by atoms with E-state index in [4.69, 9.17) is 9.47 Å². The van der Waals surface area contributed by atoms with Crippen molar-refractivity contribution in [2.45, 2.75) is 0 Å². The molecule has 0 unspecified atom stereocenters. The fourth-order valence-electron chi connectivity index (χ4n) is 3.01. The third-order valence-corrected chi connectivity index (χ3v) is 4.37. The van der Waals surface area contributed by atoms with Crippen LogP contribution < -0.4 is 20.3 Å². The highest BCUT2D eigenvalue weighted by Crippen LogP contribution is 2.28. The largest absolute Gasteiger partial charge is 0.497 e. The number of methoxy groups -OCH3 is 2. The lowest BCUT2D eigenvalue weighted by Gasteiger charge is -2.11. The van der Waals surface area contributed by atoms with E-state index >= 15 is 0 Å². The number of benzene rings is 2. The monoisotopic (exact) mass is 374 g/mol. The molecule has 7 nitrogen and oxygen atoms in total. The smallest absolute Gasteiger partial charge is 0.262 e. The molecule has 0 aliphatic carbocycles. The summed E-state index contributed by atoms with van der Waals surface area (Å²) in [5.41, 5.74) is 2.41. The maximum atomic E-state index is 12.8. The Labute approximate surface area is 161 Å². The zero-order valence-corrected chi connectivity index (χ0v) is 15.4. The zero-order chi connectivity index (χ0) is 19.5. The van der Waals surface area contributed by atoms with Crippen LogP contribution in [-0.4, -0.2) is 29.2 Å². The Hall–Kier alpha value is -3.87. The quantitative estimate of drug-likeness (QED) is 0.553. The number of pyridine rings is 1. The second-order valence-corrected chi connectivity index (χ2v) is 6.03. The lowest BCUT2D eigenvalue weighted by molar-refractivity contribution is 0.415. The number of hydrogen-bond acceptors (Lipinski definition) is 6. The molecule has 0 atom stereocenters. The lowest BCUT2D eigenvalue weighted by Crippen LogP contribution is -2.13. The van der Waals surface area contributed by atoms with Crippen LogP contribution in [0.25, 0.3) is 22.2 Å². The van der Waals surface area contributed by atoms with Gasteiger partial charge in [-0.25, -0.2) is 4.98 Å². The number of nitrogens with zero attached hydrogens (tertiary/aromatic N) is 2. The van der Waals surface area contributed by atoms with Crippen molar-refractivity contribution >= 4 is 22.7 Å². The van der Waals surface area contributed by atoms with Gasteiger partial charge in [0.05, 0.1) is 25.3 Å². The minimum atomic E-state index is -0.277. The minimum Gasteiger partial charge on any atom is -0.497 e. The summed E-state index contributed by atoms with van der Waals surface area (Å²) in [5, 5.41) is 3.51. The second kappa shape index (κ2) is 7.40. The molecule has 28 heavy (non-hydrogen) atoms. The Morgan fingerprint density at radius 1 is 0.964 bits per heavy atom. The molecule has 0 amide bonds. The van der Waals surface area contributed by atoms with E-state index < -0.39 is 0 Å². The van der Waals surface area contributed by atoms with Gasteiger partial charge in [-0.3, -0.25) is 9.78 Å². The van der Waals surface area contributed by atoms with Gasteiger partial charge in [0.25, 0.3) is 5.56 Å². The number of aromatic amines is 1. The summed E-state index contributed by atoms with van der Waals surface area (Å²) in [6, 6.07) is 16.7. The third kappa shape index (κ3) is 3.25. The van der Waals surface area contributed by atoms with Gasteiger partial charge in [-0.2, -0.15) is 4.98 Å². The van der Waals surface area contributed by atoms with Gasteiger partial charge in [-0.1, -0.05) is 24.3 Å². The topological polar surface area (TPSA) is 89.1 Å². The summed E-state index contributed by atoms with van der Waals surface area (Å²) >= 11 is 0. The van der Waals surface area contributed by atoms with E-state index in [0.717, 1.165) is 16.9 Å². The van der Waals surface area contributed by atoms with Crippen LogP contribution in [0.15, 0.2) is 65.6 Å². The Kier molecular flexibility index (Phi) is 4.63. The number of fused-ring (bicyclic) bond motifs is 1. The first-order valence-corrected chi connectivity index (χ1v) is 8.63. The zero-order valence-electron chi connectivity index (χ0n) is 15.4. The van der Waals surface area contributed by atoms with Crippen LogP contribution in [-0.2, 0) is 0 Å². The van der Waals surface area contributed by atoms with Crippen LogP contribution in [0.3, 0.4) is 0 Å². The van der Waals surface area contributed by atoms with E-state index in [1.807, 2.05) is 48.5 Å². The molecule has 2 aromatic carbocycles. The highest BCUT2D eigenvalue weighted by molar-refractivity contribution is 5.92. The molecule has 0 radical (unpaired) electrons. The molecule has 0 saturated carbocycles. The van der Waals surface area contributed by atoms with Crippen LogP contribution in [0.5, 0.6) is 11.5 Å². The average molecular weight is 374 g/mol. The SMILES string of the molecule is COc1ccc(-c2ccnc3nc(Nc4ccccc4OC)[nH]c(=O)c23)cc1. The van der Waals surface area contributed by atoms with E-state index in [-0.39, 0.29) is 5.56 Å². The number of nitrogens with one attached hydrogen (secondary N) is 2. The molecule has 0 fully saturated rings. The molecule has 0 saturated heterocycles. The van der Waals surface area contributed by atoms with Gasteiger partial charge in [0.1, 0.15) is 11.5 Å². The fourth-order valence-corrected chi connectivity index (χ4v) is 3.01. The summed E-state index contributed by atoms with van der Waals surface area (Å²) in [6.45, 7) is 0. The number of aromatic nitrogens is 3. The van der Waals surface area contributed by atoms with Gasteiger partial charge in [-0.05, 0) is 41.5 Å². The Morgan fingerprint density at radius 3 is 2.50 bits per heavy atom. The number of para-hydroxylation sites is 2. The highest BCUT2D eigenvalue weighted by atomic mass is 16.5. The minimum absolute atomic E-state index is 0.277. The van der Waals surface area contributed by atoms with Crippen molar-refractivity contribution in [2.24, 2.45) is 0 Å². The van der Waals surface area contributed by atoms with Crippen LogP contribution in [0.2, 0.25) is 0 Å². The van der Waals surface area contributed by atoms with Gasteiger partial charge in [0.2, 0.25) is 5.95 Å². The standard InChI is InChI=1S/C21H18N4O3/c1-27-14-9-7-13(8-10-14)15-11-12-22-19-18(15)20(26)25-21(24-19)23-16-5-3-4-6-17(16)28-2/h3-12H,1-2H3,(H2,22,23,24,25,26). The van der Waals surface area contributed by atoms with Gasteiger partial charge in [0.15, 0.2) is 5.65 Å². The van der Waals surface area contributed by atoms with Crippen LogP contribution >= 0.6 is 0 Å². The number of hydrogen-bond donors (Lipinski definition) is 2. The molecule has 0 aliphatic rings. The maximum absolute atomic E-state index is 12.8. The first-order valence-electron chi connectivity index (χ1n) is 8.63. The second-order valence-electron chi connectivity index (χ2n) is 6.03. The van der Waals surface area contributed by atoms with Crippen molar-refractivity contribution in [3.8, 4) is 22.6 Å². The van der Waals surface area contributed by atoms with E-state index in [2.05, 4.69) is 20.3 Å². The van der Waals surface area contributed by atoms with E-state index in [1.54, 1.807) is 26.5 Å². The molecule has 2 aromatic heterocycles. The summed E-state index contributed by atoms with van der Waals surface area (Å²) in [7, 11) is 3.20. The number of anilines is 2. The van der Waals surface area contributed by atoms with Crippen LogP contribution in [0.4, 0.5) is 11.6 Å². The fraction of sp³-hybridized carbons (Fsp3) is 0.0952. The molecule has 4 rings (SSSR count). The average Bonchev–Trinajstić information content (AvgIpc) is 2.74. The first-order chi connectivity index (χ1) is 13.7. The third-order valence-electron chi connectivity index (χ3n) is 4.37. The molecular weight excluding hydrogens is 356 g/mol. The molecule has 0 aliphatic heterocycles. The van der Waals surface area contributed by atoms with Crippen molar-refractivity contribution < 1.29 is 9.47 Å². The molecular formula is C21H18N4O3. The lowest BCUT2D eigenvalue weighted by atomic mass is 10.0. The Bertz CT molecular complexity index is 1190. The Morgan fingerprint density at radius 2 is 1.75 bits per heavy atom. The maximum Gasteiger partial charge on any atom is 0.262 e. The van der Waals surface area contributed by atoms with Crippen molar-refractivity contribution in [1.82, 2.24) is 15.0 Å². The predicted molar refractivity (Wildman–Crippen MR) is 108 cm³/mol. The van der Waals surface area contributed by atoms with E-state index in [0.29, 0.717) is 28.4 Å². The summed E-state index contributed by atoms with van der Waals surface area (Å²) in [6.07, 6.45) is 1.64. The van der Waals surface area contributed by atoms with Gasteiger partial charge in [0, 0.05) is 6.20 Å². The number of rotatable bonds is 5. The van der Waals surface area contributed by atoms with Gasteiger partial charge < -0.3 is 14.8 Å². The van der Waals surface area contributed by atoms with Crippen molar-refractivity contribution in [3.05, 3.63) is 71.1 Å². The molecule has 2 heterocycles. The predicted octanol–water partition coefficient (Wildman–Crippen LogP) is 3.75. The molecule has 140 valence electrons. The van der Waals surface area contributed by atoms with E-state index in [9.17, 15) is 4.79 Å². The molecule has 7 heteroatoms. The highest BCUT2D eigenvalue weighted by Gasteiger charge is 2.12. The molecule has 4 aromatic rings. The molecule has 2 N–H and O–H groups in total. The molecule has 0 spiro atoms. The van der Waals surface area contributed by atoms with Gasteiger partial charge in [-0.15, -0.1) is 0 Å². The van der Waals surface area contributed by atoms with Crippen molar-refractivity contribution in [3.63, 3.8) is 0 Å². The number of ether oxygens (including phenoxy) is 2. The summed E-state index contributed by atoms with van der Waals surface area (Å²) in [5.74, 6) is 1.68. The van der Waals surface area contributed by atoms with Crippen molar-refractivity contribution in [1.29, 1.82) is 0 Å². The van der Waals surface area contributed by atoms with Crippen LogP contribution in [0, 0.1) is 0 Å². The summed E-state index contributed by atoms with van der Waals surface area (Å²) in [4.78, 5) is 24.4. The first kappa shape index (κ1) is 17.5. The summed E-state index contributed by atoms with van der Waals surface area (Å²) < 4.78 is 10.5. The molecule has 0 bridgehead atoms. The van der Waals surface area contributed by atoms with Crippen LogP contribution in [0.1, 0.15) is 0 Å². The normalized spacial score (nSPS) is 10.6. The van der Waals surface area contributed by atoms with E-state index in [1.165, 1.54) is 0 Å².